The molecule has 7 N–H and O–H groups in total. The molecule has 14 heteroatoms. The van der Waals surface area contributed by atoms with E-state index in [1.54, 1.807) is 0 Å². The molecule has 0 saturated heterocycles. The number of hydrogen-bond acceptors (Lipinski definition) is 7. The zero-order chi connectivity index (χ0) is 35.5. The van der Waals surface area contributed by atoms with Gasteiger partial charge in [0.25, 0.3) is 0 Å². The second-order valence-corrected chi connectivity index (χ2v) is 12.1. The van der Waals surface area contributed by atoms with Crippen molar-refractivity contribution in [2.24, 2.45) is 0 Å². The molecule has 0 unspecified atom stereocenters. The number of carboxylic acid groups (broad SMARTS) is 4. The van der Waals surface area contributed by atoms with Crippen LogP contribution in [-0.2, 0) is 33.6 Å². The van der Waals surface area contributed by atoms with Gasteiger partial charge < -0.3 is 36.4 Å². The molecule has 0 fully saturated rings. The number of nitrogens with one attached hydrogen (secondary N) is 3. The maximum Gasteiger partial charge on any atom is 0.326 e. The van der Waals surface area contributed by atoms with E-state index in [0.717, 1.165) is 25.7 Å². The van der Waals surface area contributed by atoms with E-state index in [4.69, 9.17) is 10.2 Å². The molecule has 14 nitrogen and oxygen atoms in total. The third kappa shape index (κ3) is 25.1. The molecule has 0 spiro atoms. The molecule has 0 aromatic heterocycles. The van der Waals surface area contributed by atoms with Crippen LogP contribution in [-0.4, -0.2) is 80.2 Å². The molecule has 3 amide bonds. The first kappa shape index (κ1) is 43.3. The number of hydrogen-bond donors (Lipinski definition) is 7. The Morgan fingerprint density at radius 1 is 0.426 bits per heavy atom. The van der Waals surface area contributed by atoms with Gasteiger partial charge in [-0.3, -0.25) is 24.0 Å². The first-order valence-electron chi connectivity index (χ1n) is 17.2. The van der Waals surface area contributed by atoms with Crippen LogP contribution in [0.5, 0.6) is 0 Å². The average Bonchev–Trinajstić information content (AvgIpc) is 3.00. The van der Waals surface area contributed by atoms with Gasteiger partial charge >= 0.3 is 23.9 Å². The van der Waals surface area contributed by atoms with E-state index < -0.39 is 85.4 Å². The van der Waals surface area contributed by atoms with Crippen LogP contribution in [0.25, 0.3) is 0 Å². The fraction of sp³-hybridized carbons (Fsp3) is 0.788. The minimum Gasteiger partial charge on any atom is -0.481 e. The first-order valence-corrected chi connectivity index (χ1v) is 17.2. The van der Waals surface area contributed by atoms with Crippen molar-refractivity contribution in [1.82, 2.24) is 16.0 Å². The lowest BCUT2D eigenvalue weighted by atomic mass is 10.0. The molecule has 3 atom stereocenters. The number of carbonyl (C=O) groups excluding carboxylic acids is 3. The number of carbonyl (C=O) groups is 7. The Morgan fingerprint density at radius 2 is 0.766 bits per heavy atom. The Balaban J connectivity index is 4.77. The summed E-state index contributed by atoms with van der Waals surface area (Å²) >= 11 is 0. The first-order chi connectivity index (χ1) is 22.4. The second kappa shape index (κ2) is 27.4. The number of aliphatic carboxylic acids is 4. The fourth-order valence-electron chi connectivity index (χ4n) is 5.06. The molecule has 0 rings (SSSR count). The molecule has 0 aliphatic carbocycles. The molecule has 0 aliphatic rings. The molecule has 270 valence electrons. The van der Waals surface area contributed by atoms with Crippen molar-refractivity contribution in [2.75, 3.05) is 0 Å². The summed E-state index contributed by atoms with van der Waals surface area (Å²) in [7, 11) is 0. The van der Waals surface area contributed by atoms with Crippen molar-refractivity contribution in [3.05, 3.63) is 0 Å². The fourth-order valence-corrected chi connectivity index (χ4v) is 5.06. The van der Waals surface area contributed by atoms with Crippen molar-refractivity contribution in [2.45, 2.75) is 166 Å². The lowest BCUT2D eigenvalue weighted by Gasteiger charge is -2.22. The highest BCUT2D eigenvalue weighted by molar-refractivity contribution is 5.91. The van der Waals surface area contributed by atoms with Crippen molar-refractivity contribution in [3.8, 4) is 0 Å². The third-order valence-corrected chi connectivity index (χ3v) is 7.86. The molecule has 0 saturated carbocycles. The van der Waals surface area contributed by atoms with Gasteiger partial charge in [0, 0.05) is 25.7 Å². The molecule has 0 aliphatic heterocycles. The molecule has 0 aromatic rings. The summed E-state index contributed by atoms with van der Waals surface area (Å²) in [5.41, 5.74) is 0. The molecular weight excluding hydrogens is 614 g/mol. The maximum absolute atomic E-state index is 12.9. The molecule has 0 heterocycles. The highest BCUT2D eigenvalue weighted by Gasteiger charge is 2.28. The van der Waals surface area contributed by atoms with Crippen LogP contribution in [0.15, 0.2) is 0 Å². The number of unbranched alkanes of at least 4 members (excludes halogenated alkanes) is 14. The van der Waals surface area contributed by atoms with E-state index in [-0.39, 0.29) is 19.3 Å². The second-order valence-electron chi connectivity index (χ2n) is 12.1. The normalized spacial score (nSPS) is 12.8. The van der Waals surface area contributed by atoms with Gasteiger partial charge in [0.1, 0.15) is 18.1 Å². The minimum absolute atomic E-state index is 0.103. The SMILES string of the molecule is CCCCCCCCCCCCCCCCCC(=O)N[C@@H](CCC(=O)N[C@@H](CCC(=O)O)C(=O)O)C(=O)N[C@H](CCC(=O)O)C(=O)O. The number of amides is 3. The van der Waals surface area contributed by atoms with Gasteiger partial charge in [0.2, 0.25) is 17.7 Å². The van der Waals surface area contributed by atoms with Crippen LogP contribution < -0.4 is 16.0 Å². The Kier molecular flexibility index (Phi) is 25.2. The van der Waals surface area contributed by atoms with E-state index in [2.05, 4.69) is 22.9 Å². The summed E-state index contributed by atoms with van der Waals surface area (Å²) in [5.74, 6) is -7.63. The minimum atomic E-state index is -1.55. The Hall–Kier alpha value is -3.71. The van der Waals surface area contributed by atoms with Gasteiger partial charge in [-0.15, -0.1) is 0 Å². The Bertz CT molecular complexity index is 973. The van der Waals surface area contributed by atoms with Gasteiger partial charge in [0.05, 0.1) is 0 Å². The van der Waals surface area contributed by atoms with Crippen LogP contribution in [0.2, 0.25) is 0 Å². The highest BCUT2D eigenvalue weighted by atomic mass is 16.4. The van der Waals surface area contributed by atoms with E-state index >= 15 is 0 Å². The van der Waals surface area contributed by atoms with Crippen LogP contribution in [0.3, 0.4) is 0 Å². The predicted molar refractivity (Wildman–Crippen MR) is 174 cm³/mol. The maximum atomic E-state index is 12.9. The predicted octanol–water partition coefficient (Wildman–Crippen LogP) is 4.38. The average molecular weight is 672 g/mol. The summed E-state index contributed by atoms with van der Waals surface area (Å²) in [4.78, 5) is 82.7. The smallest absolute Gasteiger partial charge is 0.326 e. The topological polar surface area (TPSA) is 236 Å². The van der Waals surface area contributed by atoms with Gasteiger partial charge in [-0.05, 0) is 25.7 Å². The summed E-state index contributed by atoms with van der Waals surface area (Å²) in [6.45, 7) is 2.22. The molecule has 0 aromatic carbocycles. The van der Waals surface area contributed by atoms with Gasteiger partial charge in [-0.25, -0.2) is 9.59 Å². The van der Waals surface area contributed by atoms with Crippen molar-refractivity contribution in [3.63, 3.8) is 0 Å². The van der Waals surface area contributed by atoms with Crippen LogP contribution >= 0.6 is 0 Å². The number of rotatable bonds is 31. The van der Waals surface area contributed by atoms with Gasteiger partial charge in [-0.2, -0.15) is 0 Å². The lowest BCUT2D eigenvalue weighted by Crippen LogP contribution is -2.52. The largest absolute Gasteiger partial charge is 0.481 e. The van der Waals surface area contributed by atoms with E-state index in [1.807, 2.05) is 0 Å². The van der Waals surface area contributed by atoms with E-state index in [0.29, 0.717) is 6.42 Å². The zero-order valence-electron chi connectivity index (χ0n) is 27.9. The van der Waals surface area contributed by atoms with E-state index in [1.165, 1.54) is 64.2 Å². The van der Waals surface area contributed by atoms with Crippen LogP contribution in [0.1, 0.15) is 148 Å². The Morgan fingerprint density at radius 3 is 1.17 bits per heavy atom. The zero-order valence-corrected chi connectivity index (χ0v) is 27.9. The quantitative estimate of drug-likeness (QED) is 0.0511. The van der Waals surface area contributed by atoms with Gasteiger partial charge in [0.15, 0.2) is 0 Å². The van der Waals surface area contributed by atoms with Gasteiger partial charge in [-0.1, -0.05) is 96.8 Å². The monoisotopic (exact) mass is 671 g/mol. The van der Waals surface area contributed by atoms with Crippen LogP contribution in [0, 0.1) is 0 Å². The molecule has 47 heavy (non-hydrogen) atoms. The third-order valence-electron chi connectivity index (χ3n) is 7.86. The van der Waals surface area contributed by atoms with Crippen molar-refractivity contribution < 1.29 is 54.0 Å². The van der Waals surface area contributed by atoms with E-state index in [9.17, 15) is 43.8 Å². The summed E-state index contributed by atoms with van der Waals surface area (Å²) in [5, 5.41) is 43.3. The highest BCUT2D eigenvalue weighted by Crippen LogP contribution is 2.14. The summed E-state index contributed by atoms with van der Waals surface area (Å²) in [6, 6.07) is -4.37. The van der Waals surface area contributed by atoms with Crippen molar-refractivity contribution in [1.29, 1.82) is 0 Å². The standard InChI is InChI=1S/C33H57N3O11/c1-2-3-4-5-6-7-8-9-10-11-12-13-14-15-16-17-27(37)34-24(31(43)36-26(33(46)47)20-23-30(41)42)18-21-28(38)35-25(32(44)45)19-22-29(39)40/h24-26H,2-23H2,1H3,(H,34,37)(H,35,38)(H,36,43)(H,39,40)(H,41,42)(H,44,45)(H,46,47)/t24-,25-,26+/m0/s1. The summed E-state index contributed by atoms with van der Waals surface area (Å²) in [6.07, 6.45) is 15.0. The van der Waals surface area contributed by atoms with Crippen molar-refractivity contribution >= 4 is 41.6 Å². The lowest BCUT2D eigenvalue weighted by molar-refractivity contribution is -0.144. The molecule has 0 bridgehead atoms. The number of carboxylic acids is 4. The van der Waals surface area contributed by atoms with Crippen LogP contribution in [0.4, 0.5) is 0 Å². The molecular formula is C33H57N3O11. The Labute approximate surface area is 277 Å². The summed E-state index contributed by atoms with van der Waals surface area (Å²) < 4.78 is 0. The molecule has 0 radical (unpaired) electrons.